The molecule has 0 N–H and O–H groups in total. The molecule has 2 unspecified atom stereocenters. The van der Waals surface area contributed by atoms with Crippen LogP contribution in [0.15, 0.2) is 53.7 Å². The third kappa shape index (κ3) is 3.90. The van der Waals surface area contributed by atoms with Gasteiger partial charge in [0.25, 0.3) is 0 Å². The fraction of sp³-hybridized carbons (Fsp3) is 0.476. The molecule has 2 aliphatic rings. The molecule has 2 saturated heterocycles. The van der Waals surface area contributed by atoms with Crippen LogP contribution in [0.4, 0.5) is 0 Å². The average molecular weight is 418 g/mol. The lowest BCUT2D eigenvalue weighted by atomic mass is 9.88. The summed E-state index contributed by atoms with van der Waals surface area (Å²) in [6.07, 6.45) is 5.42. The molecule has 0 saturated carbocycles. The second-order valence-corrected chi connectivity index (χ2v) is 9.45. The van der Waals surface area contributed by atoms with Crippen molar-refractivity contribution < 1.29 is 17.9 Å². The number of piperidine rings is 1. The van der Waals surface area contributed by atoms with Crippen LogP contribution in [0, 0.1) is 0 Å². The van der Waals surface area contributed by atoms with Crippen LogP contribution in [-0.4, -0.2) is 68.6 Å². The minimum absolute atomic E-state index is 0.151. The van der Waals surface area contributed by atoms with E-state index in [4.69, 9.17) is 9.47 Å². The summed E-state index contributed by atoms with van der Waals surface area (Å²) < 4.78 is 38.5. The van der Waals surface area contributed by atoms with Crippen LogP contribution in [0.25, 0.3) is 0 Å². The number of ether oxygens (including phenoxy) is 2. The first kappa shape index (κ1) is 20.3. The lowest BCUT2D eigenvalue weighted by molar-refractivity contribution is -0.114. The fourth-order valence-electron chi connectivity index (χ4n) is 4.36. The molecule has 0 aliphatic carbocycles. The van der Waals surface area contributed by atoms with Gasteiger partial charge in [-0.3, -0.25) is 9.88 Å². The Morgan fingerprint density at radius 2 is 1.90 bits per heavy atom. The highest BCUT2D eigenvalue weighted by Crippen LogP contribution is 2.39. The number of hydrogen-bond acceptors (Lipinski definition) is 6. The van der Waals surface area contributed by atoms with Gasteiger partial charge in [-0.25, -0.2) is 8.42 Å². The van der Waals surface area contributed by atoms with Crippen LogP contribution < -0.4 is 4.74 Å². The summed E-state index contributed by atoms with van der Waals surface area (Å²) in [6.45, 7) is 1.89. The van der Waals surface area contributed by atoms with Gasteiger partial charge in [0.15, 0.2) is 0 Å². The summed E-state index contributed by atoms with van der Waals surface area (Å²) >= 11 is 0. The molecule has 2 fully saturated rings. The third-order valence-electron chi connectivity index (χ3n) is 6.00. The second-order valence-electron chi connectivity index (χ2n) is 7.52. The molecule has 2 aromatic rings. The number of aromatic nitrogens is 1. The van der Waals surface area contributed by atoms with Crippen molar-refractivity contribution in [2.24, 2.45) is 0 Å². The average Bonchev–Trinajstić information content (AvgIpc) is 2.74. The second kappa shape index (κ2) is 8.39. The first-order valence-corrected chi connectivity index (χ1v) is 11.3. The molecule has 156 valence electrons. The summed E-state index contributed by atoms with van der Waals surface area (Å²) in [5.41, 5.74) is 1.15. The van der Waals surface area contributed by atoms with E-state index in [-0.39, 0.29) is 17.0 Å². The number of methoxy groups -OCH3 is 2. The zero-order valence-corrected chi connectivity index (χ0v) is 17.6. The van der Waals surface area contributed by atoms with Gasteiger partial charge in [-0.1, -0.05) is 12.1 Å². The van der Waals surface area contributed by atoms with Crippen LogP contribution in [0.1, 0.15) is 24.4 Å². The van der Waals surface area contributed by atoms with Gasteiger partial charge in [0.1, 0.15) is 5.75 Å². The van der Waals surface area contributed by atoms with Crippen molar-refractivity contribution in [2.75, 3.05) is 33.9 Å². The van der Waals surface area contributed by atoms with Crippen LogP contribution in [0.3, 0.4) is 0 Å². The van der Waals surface area contributed by atoms with Crippen molar-refractivity contribution in [3.8, 4) is 5.75 Å². The van der Waals surface area contributed by atoms with E-state index in [1.165, 1.54) is 7.11 Å². The van der Waals surface area contributed by atoms with E-state index in [1.807, 2.05) is 12.3 Å². The van der Waals surface area contributed by atoms with Gasteiger partial charge >= 0.3 is 0 Å². The van der Waals surface area contributed by atoms with E-state index in [0.717, 1.165) is 24.9 Å². The number of benzene rings is 1. The van der Waals surface area contributed by atoms with Crippen LogP contribution in [-0.2, 0) is 14.8 Å². The first-order valence-electron chi connectivity index (χ1n) is 9.87. The molecule has 0 radical (unpaired) electrons. The molecule has 2 atom stereocenters. The predicted octanol–water partition coefficient (Wildman–Crippen LogP) is 2.32. The SMILES string of the molecule is COc1cccc(S(=O)(=O)N2CCC(N3CC(OC)C3c3cccnc3)CC2)c1. The van der Waals surface area contributed by atoms with Gasteiger partial charge < -0.3 is 9.47 Å². The Morgan fingerprint density at radius 3 is 2.55 bits per heavy atom. The van der Waals surface area contributed by atoms with Crippen molar-refractivity contribution in [3.05, 3.63) is 54.4 Å². The van der Waals surface area contributed by atoms with Crippen LogP contribution in [0.5, 0.6) is 5.75 Å². The molecule has 0 amide bonds. The Morgan fingerprint density at radius 1 is 1.10 bits per heavy atom. The van der Waals surface area contributed by atoms with E-state index in [0.29, 0.717) is 24.9 Å². The molecule has 7 nitrogen and oxygen atoms in total. The Bertz CT molecular complexity index is 930. The summed E-state index contributed by atoms with van der Waals surface area (Å²) in [5, 5.41) is 0. The Kier molecular flexibility index (Phi) is 5.87. The molecule has 8 heteroatoms. The minimum Gasteiger partial charge on any atom is -0.497 e. The molecule has 29 heavy (non-hydrogen) atoms. The topological polar surface area (TPSA) is 72.0 Å². The van der Waals surface area contributed by atoms with Gasteiger partial charge in [-0.15, -0.1) is 0 Å². The molecule has 4 rings (SSSR count). The summed E-state index contributed by atoms with van der Waals surface area (Å²) in [5.74, 6) is 0.548. The van der Waals surface area contributed by atoms with Crippen LogP contribution in [0.2, 0.25) is 0 Å². The molecule has 0 spiro atoms. The highest BCUT2D eigenvalue weighted by Gasteiger charge is 2.45. The van der Waals surface area contributed by atoms with E-state index < -0.39 is 10.0 Å². The quantitative estimate of drug-likeness (QED) is 0.718. The van der Waals surface area contributed by atoms with Crippen LogP contribution >= 0.6 is 0 Å². The zero-order chi connectivity index (χ0) is 20.4. The molecule has 3 heterocycles. The van der Waals surface area contributed by atoms with Crippen molar-refractivity contribution in [2.45, 2.75) is 35.9 Å². The predicted molar refractivity (Wildman–Crippen MR) is 109 cm³/mol. The maximum absolute atomic E-state index is 13.0. The Labute approximate surface area is 172 Å². The van der Waals surface area contributed by atoms with E-state index in [1.54, 1.807) is 41.9 Å². The molecule has 1 aromatic carbocycles. The lowest BCUT2D eigenvalue weighted by Gasteiger charge is -2.52. The number of hydrogen-bond donors (Lipinski definition) is 0. The summed E-state index contributed by atoms with van der Waals surface area (Å²) in [7, 11) is -0.231. The molecule has 0 bridgehead atoms. The van der Waals surface area contributed by atoms with Crippen molar-refractivity contribution in [1.82, 2.24) is 14.2 Å². The normalized spacial score (nSPS) is 24.2. The highest BCUT2D eigenvalue weighted by atomic mass is 32.2. The standard InChI is InChI=1S/C21H27N3O4S/c1-27-18-6-3-7-19(13-18)29(25,26)23-11-8-17(9-12-23)24-15-20(28-2)21(24)16-5-4-10-22-14-16/h3-7,10,13-14,17,20-21H,8-9,11-12,15H2,1-2H3. The van der Waals surface area contributed by atoms with Gasteiger partial charge in [0.05, 0.1) is 24.2 Å². The van der Waals surface area contributed by atoms with E-state index >= 15 is 0 Å². The smallest absolute Gasteiger partial charge is 0.243 e. The highest BCUT2D eigenvalue weighted by molar-refractivity contribution is 7.89. The lowest BCUT2D eigenvalue weighted by Crippen LogP contribution is -2.60. The first-order chi connectivity index (χ1) is 14.0. The number of pyridine rings is 1. The Hall–Kier alpha value is -2.00. The molecular formula is C21H27N3O4S. The van der Waals surface area contributed by atoms with Crippen molar-refractivity contribution in [1.29, 1.82) is 0 Å². The van der Waals surface area contributed by atoms with E-state index in [2.05, 4.69) is 16.0 Å². The molecule has 2 aliphatic heterocycles. The van der Waals surface area contributed by atoms with Gasteiger partial charge in [0, 0.05) is 51.2 Å². The third-order valence-corrected chi connectivity index (χ3v) is 7.89. The minimum atomic E-state index is -3.51. The molecular weight excluding hydrogens is 390 g/mol. The van der Waals surface area contributed by atoms with Crippen molar-refractivity contribution >= 4 is 10.0 Å². The summed E-state index contributed by atoms with van der Waals surface area (Å²) in [4.78, 5) is 6.96. The number of rotatable bonds is 6. The maximum Gasteiger partial charge on any atom is 0.243 e. The largest absolute Gasteiger partial charge is 0.497 e. The maximum atomic E-state index is 13.0. The van der Waals surface area contributed by atoms with Gasteiger partial charge in [-0.05, 0) is 36.6 Å². The van der Waals surface area contributed by atoms with Crippen molar-refractivity contribution in [3.63, 3.8) is 0 Å². The van der Waals surface area contributed by atoms with Gasteiger partial charge in [-0.2, -0.15) is 4.31 Å². The van der Waals surface area contributed by atoms with E-state index in [9.17, 15) is 8.42 Å². The fourth-order valence-corrected chi connectivity index (χ4v) is 5.86. The monoisotopic (exact) mass is 417 g/mol. The number of sulfonamides is 1. The van der Waals surface area contributed by atoms with Gasteiger partial charge in [0.2, 0.25) is 10.0 Å². The number of nitrogens with zero attached hydrogens (tertiary/aromatic N) is 3. The summed E-state index contributed by atoms with van der Waals surface area (Å²) in [6, 6.07) is 11.2. The molecule has 1 aromatic heterocycles. The number of likely N-dealkylation sites (tertiary alicyclic amines) is 1. The Balaban J connectivity index is 1.44. The zero-order valence-electron chi connectivity index (χ0n) is 16.8.